The van der Waals surface area contributed by atoms with Crippen molar-refractivity contribution >= 4 is 26.0 Å². The maximum Gasteiger partial charge on any atom is 0.460 e. The Morgan fingerprint density at radius 2 is 1.19 bits per heavy atom. The quantitative estimate of drug-likeness (QED) is 0.0195. The Bertz CT molecular complexity index is 2110. The van der Waals surface area contributed by atoms with Gasteiger partial charge in [0.1, 0.15) is 30.1 Å². The smallest absolute Gasteiger partial charge is 0.460 e. The van der Waals surface area contributed by atoms with Crippen LogP contribution < -0.4 is 15.5 Å². The molecule has 0 aromatic heterocycles. The molecule has 0 aliphatic rings. The third-order valence-corrected chi connectivity index (χ3v) is 16.1. The number of hydroxylamine groups is 1. The van der Waals surface area contributed by atoms with Gasteiger partial charge >= 0.3 is 53.7 Å². The zero-order chi connectivity index (χ0) is 52.9. The zero-order valence-electron chi connectivity index (χ0n) is 36.1. The monoisotopic (exact) mass is 1040 g/mol. The second kappa shape index (κ2) is 21.5. The van der Waals surface area contributed by atoms with Gasteiger partial charge in [0, 0.05) is 25.0 Å². The Balaban J connectivity index is 2.33. The fraction of sp³-hybridized carbons (Fsp3) is 0.550. The van der Waals surface area contributed by atoms with Gasteiger partial charge in [-0.05, 0) is 66.4 Å². The molecule has 2 rings (SSSR count). The van der Waals surface area contributed by atoms with Crippen LogP contribution in [0.1, 0.15) is 66.1 Å². The largest absolute Gasteiger partial charge is 0.491 e. The molecule has 0 spiro atoms. The number of nitrogens with one attached hydrogen (secondary N) is 2. The first-order valence-electron chi connectivity index (χ1n) is 19.5. The first-order chi connectivity index (χ1) is 30.7. The lowest BCUT2D eigenvalue weighted by Gasteiger charge is -2.44. The van der Waals surface area contributed by atoms with Crippen LogP contribution >= 0.6 is 0 Å². The molecule has 2 aromatic rings. The summed E-state index contributed by atoms with van der Waals surface area (Å²) in [5.41, 5.74) is 0.180. The molecule has 2 aromatic carbocycles. The average Bonchev–Trinajstić information content (AvgIpc) is 3.20. The molecule has 0 unspecified atom stereocenters. The van der Waals surface area contributed by atoms with Crippen LogP contribution in [0.3, 0.4) is 0 Å². The summed E-state index contributed by atoms with van der Waals surface area (Å²) in [5, 5.41) is 10.9. The summed E-state index contributed by atoms with van der Waals surface area (Å²) in [6.45, 7) is 7.11. The molecule has 0 saturated heterocycles. The molecule has 3 N–H and O–H groups in total. The number of anilines is 1. The van der Waals surface area contributed by atoms with Crippen molar-refractivity contribution < 1.29 is 112 Å². The number of carbonyl (C=O) groups is 2. The minimum absolute atomic E-state index is 0.0288. The summed E-state index contributed by atoms with van der Waals surface area (Å²) >= 11 is 0. The maximum absolute atomic E-state index is 15.0. The van der Waals surface area contributed by atoms with Gasteiger partial charge < -0.3 is 13.9 Å². The molecule has 28 heteroatoms. The Morgan fingerprint density at radius 1 is 0.691 bits per heavy atom. The summed E-state index contributed by atoms with van der Waals surface area (Å²) in [4.78, 5) is 24.3. The highest BCUT2D eigenvalue weighted by molar-refractivity contribution is 6.76. The molecule has 0 heterocycles. The minimum atomic E-state index is -8.73. The van der Waals surface area contributed by atoms with Gasteiger partial charge in [-0.3, -0.25) is 15.3 Å². The van der Waals surface area contributed by atoms with Crippen molar-refractivity contribution in [1.82, 2.24) is 5.48 Å². The number of hydrogen-bond donors (Lipinski definition) is 3. The fourth-order valence-electron chi connectivity index (χ4n) is 6.63. The minimum Gasteiger partial charge on any atom is -0.491 e. The summed E-state index contributed by atoms with van der Waals surface area (Å²) in [6, 6.07) is 6.22. The van der Waals surface area contributed by atoms with Crippen molar-refractivity contribution in [3.63, 3.8) is 0 Å². The molecule has 0 radical (unpaired) electrons. The van der Waals surface area contributed by atoms with Crippen molar-refractivity contribution in [3.8, 4) is 5.75 Å². The first-order valence-corrected chi connectivity index (χ1v) is 21.8. The average molecular weight is 1040 g/mol. The van der Waals surface area contributed by atoms with E-state index in [9.17, 15) is 84.2 Å². The molecule has 68 heavy (non-hydrogen) atoms. The van der Waals surface area contributed by atoms with E-state index in [1.54, 1.807) is 6.92 Å². The molecular weight excluding hydrogens is 993 g/mol. The normalized spacial score (nSPS) is 14.9. The number of rotatable bonds is 23. The summed E-state index contributed by atoms with van der Waals surface area (Å²) < 4.78 is 280. The highest BCUT2D eigenvalue weighted by atomic mass is 28.4. The number of hydrogen-bond acceptors (Lipinski definition) is 6. The van der Waals surface area contributed by atoms with Crippen LogP contribution in [0, 0.1) is 11.6 Å². The number of carbonyl (C=O) groups excluding carboxylic acids is 2. The van der Waals surface area contributed by atoms with E-state index in [2.05, 4.69) is 5.32 Å². The van der Waals surface area contributed by atoms with E-state index in [1.165, 1.54) is 70.4 Å². The van der Waals surface area contributed by atoms with Gasteiger partial charge in [0.2, 0.25) is 0 Å². The van der Waals surface area contributed by atoms with Crippen molar-refractivity contribution in [2.24, 2.45) is 0 Å². The van der Waals surface area contributed by atoms with Gasteiger partial charge in [-0.15, -0.1) is 0 Å². The van der Waals surface area contributed by atoms with Crippen molar-refractivity contribution in [3.05, 3.63) is 83.0 Å². The molecule has 0 fully saturated rings. The number of halogens is 19. The van der Waals surface area contributed by atoms with Crippen molar-refractivity contribution in [2.45, 2.75) is 125 Å². The SMILES string of the molecule is CC(=C\C(=O)NO)/C=C(\C)C[C@H](OC(=O)Nc1ccc(F)cc1F)c1ccc(OCCO[Si](CCC(F)(F)C(F)(F)C(F)(F)C(F)(F)C(F)(F)C(F)(F)C(F)(F)C(F)(F)F)(C(C)C)C(C)C)cc1. The van der Waals surface area contributed by atoms with Crippen molar-refractivity contribution in [1.29, 1.82) is 0 Å². The molecule has 0 saturated carbocycles. The first kappa shape index (κ1) is 59.4. The molecule has 0 bridgehead atoms. The molecule has 8 nitrogen and oxygen atoms in total. The lowest BCUT2D eigenvalue weighted by atomic mass is 9.88. The Morgan fingerprint density at radius 3 is 1.66 bits per heavy atom. The Labute approximate surface area is 375 Å². The van der Waals surface area contributed by atoms with Crippen LogP contribution in [-0.4, -0.2) is 86.4 Å². The number of benzene rings is 2. The molecular formula is C40H43F19N2O6Si. The highest BCUT2D eigenvalue weighted by Crippen LogP contribution is 2.64. The van der Waals surface area contributed by atoms with Gasteiger partial charge in [-0.2, -0.15) is 74.6 Å². The van der Waals surface area contributed by atoms with E-state index in [4.69, 9.17) is 19.1 Å². The standard InChI is InChI=1S/C40H43F19N2O6Si/c1-21(2)68(22(3)4,16-13-33(43,44)34(45,46)35(47,48)36(49,50)37(51,52)38(53,54)39(55,56)40(57,58)59)66-15-14-65-27-10-7-25(8-11-27)30(18-23(5)17-24(6)19-31(62)61-64)67-32(63)60-29-12-9-26(41)20-28(29)42/h7-12,17,19-22,30,64H,13-16,18H2,1-6H3,(H,60,63)(H,61,62)/b23-17+,24-19+/t30-/m0/s1. The van der Waals surface area contributed by atoms with E-state index in [0.29, 0.717) is 17.2 Å². The van der Waals surface area contributed by atoms with Crippen LogP contribution in [0.25, 0.3) is 0 Å². The van der Waals surface area contributed by atoms with E-state index in [-0.39, 0.29) is 17.7 Å². The third-order valence-electron chi connectivity index (χ3n) is 10.4. The summed E-state index contributed by atoms with van der Waals surface area (Å²) in [5.74, 6) is -60.0. The predicted octanol–water partition coefficient (Wildman–Crippen LogP) is 13.6. The zero-order valence-corrected chi connectivity index (χ0v) is 37.1. The van der Waals surface area contributed by atoms with E-state index in [1.807, 2.05) is 0 Å². The molecule has 1 atom stereocenters. The summed E-state index contributed by atoms with van der Waals surface area (Å²) in [7, 11) is -4.07. The fourth-order valence-corrected chi connectivity index (χ4v) is 11.1. The van der Waals surface area contributed by atoms with Gasteiger partial charge in [0.25, 0.3) is 5.91 Å². The second-order valence-corrected chi connectivity index (χ2v) is 20.9. The number of alkyl halides is 17. The lowest BCUT2D eigenvalue weighted by molar-refractivity contribution is -0.461. The van der Waals surface area contributed by atoms with E-state index < -0.39 is 128 Å². The van der Waals surface area contributed by atoms with Gasteiger partial charge in [0.15, 0.2) is 8.32 Å². The van der Waals surface area contributed by atoms with Crippen LogP contribution in [0.15, 0.2) is 65.8 Å². The maximum atomic E-state index is 15.0. The van der Waals surface area contributed by atoms with Crippen LogP contribution in [0.5, 0.6) is 5.75 Å². The Hall–Kier alpha value is -4.73. The van der Waals surface area contributed by atoms with Crippen LogP contribution in [-0.2, 0) is 14.0 Å². The number of ether oxygens (including phenoxy) is 2. The van der Waals surface area contributed by atoms with E-state index in [0.717, 1.165) is 18.2 Å². The molecule has 386 valence electrons. The predicted molar refractivity (Wildman–Crippen MR) is 205 cm³/mol. The second-order valence-electron chi connectivity index (χ2n) is 15.9. The van der Waals surface area contributed by atoms with Gasteiger partial charge in [0.05, 0.1) is 12.3 Å². The van der Waals surface area contributed by atoms with Gasteiger partial charge in [-0.1, -0.05) is 51.5 Å². The van der Waals surface area contributed by atoms with Crippen molar-refractivity contribution in [2.75, 3.05) is 18.5 Å². The van der Waals surface area contributed by atoms with Crippen LogP contribution in [0.4, 0.5) is 93.9 Å². The highest BCUT2D eigenvalue weighted by Gasteiger charge is 2.95. The molecule has 2 amide bonds. The third kappa shape index (κ3) is 12.3. The van der Waals surface area contributed by atoms with E-state index >= 15 is 8.78 Å². The van der Waals surface area contributed by atoms with Gasteiger partial charge in [-0.25, -0.2) is 19.1 Å². The topological polar surface area (TPSA) is 106 Å². The number of allylic oxidation sites excluding steroid dienone is 2. The lowest BCUT2D eigenvalue weighted by Crippen LogP contribution is -2.74. The Kier molecular flexibility index (Phi) is 18.8. The summed E-state index contributed by atoms with van der Waals surface area (Å²) in [6.07, 6.45) is -10.4. The van der Waals surface area contributed by atoms with Crippen LogP contribution in [0.2, 0.25) is 17.1 Å². The molecule has 0 aliphatic heterocycles. The number of amides is 2. The molecule has 0 aliphatic carbocycles.